The first-order chi connectivity index (χ1) is 31.3. The lowest BCUT2D eigenvalue weighted by Gasteiger charge is -2.32. The van der Waals surface area contributed by atoms with Gasteiger partial charge < -0.3 is 9.32 Å². The number of rotatable bonds is 4. The van der Waals surface area contributed by atoms with Crippen molar-refractivity contribution >= 4 is 71.3 Å². The van der Waals surface area contributed by atoms with Gasteiger partial charge in [-0.1, -0.05) is 176 Å². The third kappa shape index (κ3) is 4.67. The topological polar surface area (TPSA) is 16.4 Å². The number of hydrogen-bond donors (Lipinski definition) is 0. The Morgan fingerprint density at radius 3 is 1.43 bits per heavy atom. The summed E-state index contributed by atoms with van der Waals surface area (Å²) in [5.41, 5.74) is 17.6. The van der Waals surface area contributed by atoms with Gasteiger partial charge in [0.1, 0.15) is 11.2 Å². The molecule has 292 valence electrons. The summed E-state index contributed by atoms with van der Waals surface area (Å²) in [6.45, 7) is 0. The van der Waals surface area contributed by atoms with Crippen molar-refractivity contribution in [1.29, 1.82) is 0 Å². The van der Waals surface area contributed by atoms with Crippen LogP contribution in [-0.2, 0) is 5.41 Å². The molecular weight excluding hydrogens is 763 g/mol. The fourth-order valence-corrected chi connectivity index (χ4v) is 11.5. The molecule has 0 saturated carbocycles. The Balaban J connectivity index is 1.03. The van der Waals surface area contributed by atoms with E-state index in [2.05, 4.69) is 217 Å². The smallest absolute Gasteiger partial charge is 0.135 e. The van der Waals surface area contributed by atoms with E-state index < -0.39 is 5.41 Å². The molecule has 0 saturated heterocycles. The van der Waals surface area contributed by atoms with Crippen molar-refractivity contribution in [3.8, 4) is 33.4 Å². The second kappa shape index (κ2) is 12.9. The molecule has 0 radical (unpaired) electrons. The number of furan rings is 1. The lowest BCUT2D eigenvalue weighted by Crippen LogP contribution is -2.26. The number of benzene rings is 11. The van der Waals surface area contributed by atoms with E-state index in [0.717, 1.165) is 50.1 Å². The zero-order valence-corrected chi connectivity index (χ0v) is 34.2. The van der Waals surface area contributed by atoms with Gasteiger partial charge in [0.2, 0.25) is 0 Å². The summed E-state index contributed by atoms with van der Waals surface area (Å²) in [6.07, 6.45) is 0. The Labute approximate surface area is 364 Å². The second-order valence-corrected chi connectivity index (χ2v) is 17.1. The highest BCUT2D eigenvalue weighted by molar-refractivity contribution is 6.28. The van der Waals surface area contributed by atoms with Crippen LogP contribution in [0.15, 0.2) is 229 Å². The summed E-state index contributed by atoms with van der Waals surface area (Å²) in [7, 11) is 0. The van der Waals surface area contributed by atoms with Gasteiger partial charge in [0.15, 0.2) is 0 Å². The maximum absolute atomic E-state index is 6.20. The van der Waals surface area contributed by atoms with Crippen LogP contribution in [0.3, 0.4) is 0 Å². The summed E-state index contributed by atoms with van der Waals surface area (Å²) in [5, 5.41) is 9.78. The third-order valence-electron chi connectivity index (χ3n) is 14.1. The van der Waals surface area contributed by atoms with Crippen molar-refractivity contribution < 1.29 is 4.42 Å². The number of hydrogen-bond acceptors (Lipinski definition) is 2. The van der Waals surface area contributed by atoms with Crippen LogP contribution in [0.5, 0.6) is 0 Å². The molecule has 63 heavy (non-hydrogen) atoms. The van der Waals surface area contributed by atoms with Crippen molar-refractivity contribution in [3.63, 3.8) is 0 Å². The van der Waals surface area contributed by atoms with E-state index in [0.29, 0.717) is 0 Å². The van der Waals surface area contributed by atoms with Crippen molar-refractivity contribution in [2.45, 2.75) is 5.41 Å². The number of anilines is 3. The monoisotopic (exact) mass is 799 g/mol. The Morgan fingerprint density at radius 1 is 0.302 bits per heavy atom. The van der Waals surface area contributed by atoms with E-state index in [1.165, 1.54) is 76.8 Å². The third-order valence-corrected chi connectivity index (χ3v) is 14.1. The molecule has 12 aromatic rings. The summed E-state index contributed by atoms with van der Waals surface area (Å²) in [5.74, 6) is 0. The van der Waals surface area contributed by atoms with E-state index in [4.69, 9.17) is 4.42 Å². The number of para-hydroxylation sites is 1. The molecule has 0 fully saturated rings. The molecule has 2 aliphatic rings. The Hall–Kier alpha value is -8.20. The van der Waals surface area contributed by atoms with Crippen LogP contribution in [0, 0.1) is 0 Å². The van der Waals surface area contributed by atoms with E-state index >= 15 is 0 Å². The highest BCUT2D eigenvalue weighted by Crippen LogP contribution is 2.63. The Morgan fingerprint density at radius 2 is 0.778 bits per heavy atom. The predicted molar refractivity (Wildman–Crippen MR) is 263 cm³/mol. The SMILES string of the molecule is c1ccc2c(c1)-c1ccccc1C21c2ccccc2-c2ccc(N(c3ccc(-c4ccc5oc6ccccc6c5c4)cc3)c3cccc4c5ccccc5c5ccccc5c34)cc21. The summed E-state index contributed by atoms with van der Waals surface area (Å²) in [4.78, 5) is 2.50. The minimum Gasteiger partial charge on any atom is -0.456 e. The van der Waals surface area contributed by atoms with Crippen LogP contribution < -0.4 is 4.90 Å². The molecule has 1 aromatic heterocycles. The van der Waals surface area contributed by atoms with Crippen molar-refractivity contribution in [2.24, 2.45) is 0 Å². The molecule has 0 amide bonds. The Kier molecular flexibility index (Phi) is 7.07. The van der Waals surface area contributed by atoms with Gasteiger partial charge in [0.05, 0.1) is 11.1 Å². The lowest BCUT2D eigenvalue weighted by molar-refractivity contribution is 0.669. The largest absolute Gasteiger partial charge is 0.456 e. The molecule has 1 heterocycles. The zero-order valence-electron chi connectivity index (χ0n) is 34.2. The second-order valence-electron chi connectivity index (χ2n) is 17.1. The minimum atomic E-state index is -0.456. The highest BCUT2D eigenvalue weighted by Gasteiger charge is 2.51. The molecule has 2 nitrogen and oxygen atoms in total. The quantitative estimate of drug-likeness (QED) is 0.165. The van der Waals surface area contributed by atoms with E-state index in [9.17, 15) is 0 Å². The normalized spacial score (nSPS) is 13.2. The first-order valence-electron chi connectivity index (χ1n) is 21.8. The molecule has 0 N–H and O–H groups in total. The maximum atomic E-state index is 6.20. The average Bonchev–Trinajstić information content (AvgIpc) is 3.98. The van der Waals surface area contributed by atoms with Crippen LogP contribution in [0.2, 0.25) is 0 Å². The molecule has 2 heteroatoms. The Bertz CT molecular complexity index is 3760. The van der Waals surface area contributed by atoms with Gasteiger partial charge in [-0.25, -0.2) is 0 Å². The average molecular weight is 800 g/mol. The van der Waals surface area contributed by atoms with Gasteiger partial charge in [-0.2, -0.15) is 0 Å². The van der Waals surface area contributed by atoms with Gasteiger partial charge in [-0.15, -0.1) is 0 Å². The van der Waals surface area contributed by atoms with E-state index in [-0.39, 0.29) is 0 Å². The van der Waals surface area contributed by atoms with Gasteiger partial charge >= 0.3 is 0 Å². The van der Waals surface area contributed by atoms with Crippen molar-refractivity contribution in [2.75, 3.05) is 4.90 Å². The zero-order chi connectivity index (χ0) is 41.2. The molecule has 1 spiro atoms. The minimum absolute atomic E-state index is 0.456. The molecule has 14 rings (SSSR count). The molecule has 0 bridgehead atoms. The van der Waals surface area contributed by atoms with Gasteiger partial charge in [-0.05, 0) is 131 Å². The summed E-state index contributed by atoms with van der Waals surface area (Å²) < 4.78 is 6.20. The first-order valence-corrected chi connectivity index (χ1v) is 21.8. The van der Waals surface area contributed by atoms with Crippen LogP contribution >= 0.6 is 0 Å². The number of fused-ring (bicyclic) bond motifs is 19. The standard InChI is InChI=1S/C61H37NO/c1-2-15-44-42(14-1)43-16-3-4-21-50(43)60-51(44)22-13-26-57(60)62(40-31-28-38(29-32-40)39-30-35-59-52(36-39)49-20-8-12-27-58(49)63-59)41-33-34-48-47-19-7-11-25-55(47)61(56(48)37-41)53-23-9-5-17-45(53)46-18-6-10-24-54(46)61/h1-37H. The fraction of sp³-hybridized carbons (Fsp3) is 0.0164. The van der Waals surface area contributed by atoms with Gasteiger partial charge in [0.25, 0.3) is 0 Å². The van der Waals surface area contributed by atoms with Gasteiger partial charge in [0, 0.05) is 27.5 Å². The first kappa shape index (κ1) is 34.5. The van der Waals surface area contributed by atoms with Crippen molar-refractivity contribution in [1.82, 2.24) is 0 Å². The molecule has 2 aliphatic carbocycles. The molecular formula is C61H37NO. The fourth-order valence-electron chi connectivity index (χ4n) is 11.5. The van der Waals surface area contributed by atoms with E-state index in [1.54, 1.807) is 0 Å². The van der Waals surface area contributed by atoms with Crippen LogP contribution in [0.1, 0.15) is 22.3 Å². The highest BCUT2D eigenvalue weighted by atomic mass is 16.3. The molecule has 0 aliphatic heterocycles. The molecule has 0 atom stereocenters. The van der Waals surface area contributed by atoms with Crippen LogP contribution in [0.4, 0.5) is 17.1 Å². The van der Waals surface area contributed by atoms with Crippen LogP contribution in [-0.4, -0.2) is 0 Å². The van der Waals surface area contributed by atoms with Gasteiger partial charge in [-0.3, -0.25) is 0 Å². The predicted octanol–water partition coefficient (Wildman–Crippen LogP) is 16.5. The van der Waals surface area contributed by atoms with E-state index in [1.807, 2.05) is 12.1 Å². The maximum Gasteiger partial charge on any atom is 0.135 e. The van der Waals surface area contributed by atoms with Crippen LogP contribution in [0.25, 0.3) is 87.6 Å². The molecule has 0 unspecified atom stereocenters. The lowest BCUT2D eigenvalue weighted by atomic mass is 9.70. The number of nitrogens with zero attached hydrogens (tertiary/aromatic N) is 1. The van der Waals surface area contributed by atoms with Crippen molar-refractivity contribution in [3.05, 3.63) is 247 Å². The molecule has 11 aromatic carbocycles. The summed E-state index contributed by atoms with van der Waals surface area (Å²) in [6, 6.07) is 83.0. The summed E-state index contributed by atoms with van der Waals surface area (Å²) >= 11 is 0.